The van der Waals surface area contributed by atoms with Crippen LogP contribution >= 0.6 is 11.3 Å². The highest BCUT2D eigenvalue weighted by molar-refractivity contribution is 7.18. The average molecular weight is 366 g/mol. The highest BCUT2D eigenvalue weighted by Gasteiger charge is 2.19. The first-order valence-electron chi connectivity index (χ1n) is 8.62. The van der Waals surface area contributed by atoms with E-state index < -0.39 is 0 Å². The minimum atomic E-state index is -0.0910. The number of hydrogen-bond donors (Lipinski definition) is 0. The van der Waals surface area contributed by atoms with Gasteiger partial charge >= 0.3 is 0 Å². The predicted octanol–water partition coefficient (Wildman–Crippen LogP) is 4.93. The molecule has 0 aliphatic rings. The lowest BCUT2D eigenvalue weighted by Gasteiger charge is -2.21. The second-order valence-electron chi connectivity index (χ2n) is 5.95. The molecule has 1 amide bonds. The molecule has 2 aromatic carbocycles. The van der Waals surface area contributed by atoms with Crippen LogP contribution in [0.4, 0.5) is 0 Å². The van der Waals surface area contributed by atoms with E-state index in [0.29, 0.717) is 6.61 Å². The van der Waals surface area contributed by atoms with E-state index in [4.69, 9.17) is 4.74 Å². The van der Waals surface area contributed by atoms with Crippen molar-refractivity contribution >= 4 is 33.5 Å². The van der Waals surface area contributed by atoms with E-state index in [9.17, 15) is 4.79 Å². The number of hydrogen-bond acceptors (Lipinski definition) is 4. The van der Waals surface area contributed by atoms with Gasteiger partial charge in [-0.2, -0.15) is 0 Å². The number of benzene rings is 2. The molecule has 0 N–H and O–H groups in total. The number of carbonyl (C=O) groups excluding carboxylic acids is 1. The quantitative estimate of drug-likeness (QED) is 0.581. The maximum absolute atomic E-state index is 12.6. The van der Waals surface area contributed by atoms with E-state index in [0.717, 1.165) is 26.5 Å². The molecule has 0 aliphatic heterocycles. The molecule has 0 radical (unpaired) electrons. The van der Waals surface area contributed by atoms with Crippen LogP contribution in [0, 0.1) is 0 Å². The van der Waals surface area contributed by atoms with Gasteiger partial charge in [-0.1, -0.05) is 30.3 Å². The van der Waals surface area contributed by atoms with Crippen LogP contribution in [0.15, 0.2) is 54.6 Å². The number of para-hydroxylation sites is 2. The van der Waals surface area contributed by atoms with Crippen LogP contribution in [-0.4, -0.2) is 29.4 Å². The Balaban J connectivity index is 1.74. The fourth-order valence-electron chi connectivity index (χ4n) is 2.61. The summed E-state index contributed by atoms with van der Waals surface area (Å²) in [4.78, 5) is 18.9. The largest absolute Gasteiger partial charge is 0.493 e. The number of amides is 1. The van der Waals surface area contributed by atoms with Gasteiger partial charge in [0.15, 0.2) is 0 Å². The molecule has 0 saturated carbocycles. The Labute approximate surface area is 157 Å². The molecule has 0 spiro atoms. The van der Waals surface area contributed by atoms with E-state index in [1.165, 1.54) is 0 Å². The topological polar surface area (TPSA) is 42.4 Å². The van der Waals surface area contributed by atoms with Crippen molar-refractivity contribution in [2.75, 3.05) is 13.7 Å². The van der Waals surface area contributed by atoms with Gasteiger partial charge in [-0.3, -0.25) is 4.79 Å². The first-order valence-corrected chi connectivity index (χ1v) is 9.44. The summed E-state index contributed by atoms with van der Waals surface area (Å²) < 4.78 is 6.73. The molecule has 5 heteroatoms. The van der Waals surface area contributed by atoms with Crippen molar-refractivity contribution in [2.24, 2.45) is 0 Å². The number of ether oxygens (including phenoxy) is 1. The summed E-state index contributed by atoms with van der Waals surface area (Å²) in [5.41, 5.74) is 1.87. The second-order valence-corrected chi connectivity index (χ2v) is 7.01. The van der Waals surface area contributed by atoms with Crippen LogP contribution in [-0.2, 0) is 4.79 Å². The lowest BCUT2D eigenvalue weighted by molar-refractivity contribution is -0.126. The number of rotatable bonds is 6. The number of fused-ring (bicyclic) bond motifs is 1. The third-order valence-electron chi connectivity index (χ3n) is 4.22. The first-order chi connectivity index (χ1) is 12.6. The van der Waals surface area contributed by atoms with Crippen LogP contribution < -0.4 is 4.74 Å². The molecule has 1 heterocycles. The van der Waals surface area contributed by atoms with E-state index in [2.05, 4.69) is 11.1 Å². The summed E-state index contributed by atoms with van der Waals surface area (Å²) >= 11 is 1.63. The maximum atomic E-state index is 12.6. The van der Waals surface area contributed by atoms with Crippen molar-refractivity contribution in [1.29, 1.82) is 0 Å². The molecular weight excluding hydrogens is 344 g/mol. The zero-order chi connectivity index (χ0) is 18.5. The van der Waals surface area contributed by atoms with Crippen molar-refractivity contribution in [1.82, 2.24) is 9.88 Å². The molecule has 3 aromatic rings. The summed E-state index contributed by atoms with van der Waals surface area (Å²) in [7, 11) is 1.80. The van der Waals surface area contributed by atoms with Gasteiger partial charge in [-0.05, 0) is 38.1 Å². The van der Waals surface area contributed by atoms with Gasteiger partial charge < -0.3 is 9.64 Å². The van der Waals surface area contributed by atoms with Crippen molar-refractivity contribution in [3.63, 3.8) is 0 Å². The molecule has 134 valence electrons. The summed E-state index contributed by atoms with van der Waals surface area (Å²) in [5, 5.41) is 0.935. The van der Waals surface area contributed by atoms with Gasteiger partial charge in [0.05, 0.1) is 22.9 Å². The smallest absolute Gasteiger partial charge is 0.246 e. The van der Waals surface area contributed by atoms with Gasteiger partial charge in [0.25, 0.3) is 0 Å². The fourth-order valence-corrected chi connectivity index (χ4v) is 3.67. The lowest BCUT2D eigenvalue weighted by atomic mass is 10.2. The van der Waals surface area contributed by atoms with Gasteiger partial charge in [-0.15, -0.1) is 11.3 Å². The molecule has 3 rings (SSSR count). The Morgan fingerprint density at radius 1 is 1.23 bits per heavy atom. The van der Waals surface area contributed by atoms with Crippen LogP contribution in [0.5, 0.6) is 5.75 Å². The number of nitrogens with zero attached hydrogens (tertiary/aromatic N) is 2. The zero-order valence-corrected chi connectivity index (χ0v) is 16.0. The maximum Gasteiger partial charge on any atom is 0.246 e. The number of likely N-dealkylation sites (N-methyl/N-ethyl adjacent to an activating group) is 1. The Hall–Kier alpha value is -2.66. The minimum Gasteiger partial charge on any atom is -0.493 e. The van der Waals surface area contributed by atoms with Crippen LogP contribution in [0.1, 0.15) is 30.5 Å². The van der Waals surface area contributed by atoms with E-state index >= 15 is 0 Å². The summed E-state index contributed by atoms with van der Waals surface area (Å²) in [6, 6.07) is 15.6. The van der Waals surface area contributed by atoms with Crippen LogP contribution in [0.25, 0.3) is 16.3 Å². The van der Waals surface area contributed by atoms with Gasteiger partial charge in [-0.25, -0.2) is 4.98 Å². The Morgan fingerprint density at radius 3 is 2.73 bits per heavy atom. The average Bonchev–Trinajstić information content (AvgIpc) is 3.10. The molecule has 0 saturated heterocycles. The third-order valence-corrected chi connectivity index (χ3v) is 5.43. The molecule has 0 aliphatic carbocycles. The Bertz CT molecular complexity index is 899. The van der Waals surface area contributed by atoms with E-state index in [1.807, 2.05) is 56.3 Å². The lowest BCUT2D eigenvalue weighted by Crippen LogP contribution is -2.27. The van der Waals surface area contributed by atoms with Crippen LogP contribution in [0.3, 0.4) is 0 Å². The molecule has 0 unspecified atom stereocenters. The van der Waals surface area contributed by atoms with Crippen molar-refractivity contribution in [2.45, 2.75) is 19.9 Å². The summed E-state index contributed by atoms with van der Waals surface area (Å²) in [6.45, 7) is 4.53. The SMILES string of the molecule is CCOc1ccccc1/C=C/C(=O)N(C)[C@@H](C)c1nc2ccccc2s1. The van der Waals surface area contributed by atoms with E-state index in [-0.39, 0.29) is 11.9 Å². The molecular formula is C21H22N2O2S. The van der Waals surface area contributed by atoms with Crippen molar-refractivity contribution in [3.05, 3.63) is 65.2 Å². The van der Waals surface area contributed by atoms with Gasteiger partial charge in [0.1, 0.15) is 10.8 Å². The number of aromatic nitrogens is 1. The monoisotopic (exact) mass is 366 g/mol. The fraction of sp³-hybridized carbons (Fsp3) is 0.238. The predicted molar refractivity (Wildman–Crippen MR) is 107 cm³/mol. The van der Waals surface area contributed by atoms with Gasteiger partial charge in [0, 0.05) is 18.7 Å². The minimum absolute atomic E-state index is 0.0666. The van der Waals surface area contributed by atoms with E-state index in [1.54, 1.807) is 35.4 Å². The normalized spacial score (nSPS) is 12.4. The molecule has 0 fully saturated rings. The highest BCUT2D eigenvalue weighted by Crippen LogP contribution is 2.29. The zero-order valence-electron chi connectivity index (χ0n) is 15.2. The summed E-state index contributed by atoms with van der Waals surface area (Å²) in [6.07, 6.45) is 3.39. The molecule has 4 nitrogen and oxygen atoms in total. The third kappa shape index (κ3) is 3.94. The molecule has 26 heavy (non-hydrogen) atoms. The molecule has 0 bridgehead atoms. The van der Waals surface area contributed by atoms with Crippen molar-refractivity contribution in [3.8, 4) is 5.75 Å². The second kappa shape index (κ2) is 8.15. The Morgan fingerprint density at radius 2 is 1.96 bits per heavy atom. The Kier molecular flexibility index (Phi) is 5.68. The van der Waals surface area contributed by atoms with Gasteiger partial charge in [0.2, 0.25) is 5.91 Å². The standard InChI is InChI=1S/C21H22N2O2S/c1-4-25-18-11-7-5-9-16(18)13-14-20(24)23(3)15(2)21-22-17-10-6-8-12-19(17)26-21/h5-15H,4H2,1-3H3/b14-13+/t15-/m0/s1. The van der Waals surface area contributed by atoms with Crippen LogP contribution in [0.2, 0.25) is 0 Å². The highest BCUT2D eigenvalue weighted by atomic mass is 32.1. The first kappa shape index (κ1) is 18.1. The van der Waals surface area contributed by atoms with Crippen molar-refractivity contribution < 1.29 is 9.53 Å². The molecule has 1 aromatic heterocycles. The molecule has 1 atom stereocenters. The number of thiazole rings is 1. The number of carbonyl (C=O) groups is 1. The summed E-state index contributed by atoms with van der Waals surface area (Å²) in [5.74, 6) is 0.712.